The van der Waals surface area contributed by atoms with Crippen molar-refractivity contribution >= 4 is 34.9 Å². The number of hydrogen-bond acceptors (Lipinski definition) is 5. The van der Waals surface area contributed by atoms with Crippen molar-refractivity contribution in [1.29, 1.82) is 0 Å². The van der Waals surface area contributed by atoms with Crippen LogP contribution >= 0.6 is 7.14 Å². The van der Waals surface area contributed by atoms with E-state index in [2.05, 4.69) is 20.6 Å². The highest BCUT2D eigenvalue weighted by molar-refractivity contribution is 7.70. The number of alkyl halides is 2. The van der Waals surface area contributed by atoms with Crippen LogP contribution in [0.4, 0.5) is 20.3 Å². The van der Waals surface area contributed by atoms with Crippen molar-refractivity contribution in [3.63, 3.8) is 0 Å². The second-order valence-corrected chi connectivity index (χ2v) is 12.1. The van der Waals surface area contributed by atoms with Gasteiger partial charge in [0.15, 0.2) is 0 Å². The summed E-state index contributed by atoms with van der Waals surface area (Å²) in [6, 6.07) is 8.65. The minimum atomic E-state index is -2.59. The number of anilines is 2. The van der Waals surface area contributed by atoms with Gasteiger partial charge in [0.05, 0.1) is 11.6 Å². The van der Waals surface area contributed by atoms with E-state index in [0.29, 0.717) is 17.2 Å². The van der Waals surface area contributed by atoms with Crippen LogP contribution in [0.25, 0.3) is 10.9 Å². The number of hydrogen-bond donors (Lipinski definition) is 2. The Hall–Kier alpha value is -2.53. The minimum Gasteiger partial charge on any atom is -0.382 e. The lowest BCUT2D eigenvalue weighted by atomic mass is 9.97. The molecule has 3 aromatic rings. The molecule has 172 valence electrons. The highest BCUT2D eigenvalue weighted by atomic mass is 31.2. The predicted octanol–water partition coefficient (Wildman–Crippen LogP) is 6.43. The third kappa shape index (κ3) is 5.09. The third-order valence-electron chi connectivity index (χ3n) is 5.42. The second-order valence-electron chi connectivity index (χ2n) is 8.88. The van der Waals surface area contributed by atoms with E-state index in [1.54, 1.807) is 26.3 Å². The molecule has 0 aliphatic heterocycles. The van der Waals surface area contributed by atoms with Gasteiger partial charge < -0.3 is 15.2 Å². The van der Waals surface area contributed by atoms with Gasteiger partial charge in [-0.05, 0) is 71.2 Å². The van der Waals surface area contributed by atoms with E-state index >= 15 is 0 Å². The molecule has 2 aromatic carbocycles. The summed E-state index contributed by atoms with van der Waals surface area (Å²) in [6.45, 7) is 13.0. The number of aromatic nitrogens is 2. The van der Waals surface area contributed by atoms with Crippen molar-refractivity contribution in [3.05, 3.63) is 52.8 Å². The Morgan fingerprint density at radius 2 is 1.62 bits per heavy atom. The topological polar surface area (TPSA) is 66.9 Å². The molecule has 0 radical (unpaired) electrons. The van der Waals surface area contributed by atoms with E-state index in [1.807, 2.05) is 45.9 Å². The first kappa shape index (κ1) is 24.1. The predicted molar refractivity (Wildman–Crippen MR) is 130 cm³/mol. The molecular weight excluding hydrogens is 429 g/mol. The monoisotopic (exact) mass is 460 g/mol. The summed E-state index contributed by atoms with van der Waals surface area (Å²) in [5.41, 5.74) is 2.91. The Bertz CT molecular complexity index is 1190. The number of halogens is 2. The fourth-order valence-corrected chi connectivity index (χ4v) is 5.07. The van der Waals surface area contributed by atoms with Gasteiger partial charge in [-0.1, -0.05) is 18.2 Å². The lowest BCUT2D eigenvalue weighted by molar-refractivity contribution is 0.150. The van der Waals surface area contributed by atoms with Crippen molar-refractivity contribution in [2.24, 2.45) is 0 Å². The number of benzene rings is 2. The third-order valence-corrected chi connectivity index (χ3v) is 6.95. The average Bonchev–Trinajstić information content (AvgIpc) is 2.65. The molecule has 0 bridgehead atoms. The largest absolute Gasteiger partial charge is 0.382 e. The first-order chi connectivity index (χ1) is 14.9. The molecule has 0 unspecified atom stereocenters. The van der Waals surface area contributed by atoms with Crippen LogP contribution in [0, 0.1) is 13.8 Å². The molecule has 8 heteroatoms. The van der Waals surface area contributed by atoms with Gasteiger partial charge in [0.25, 0.3) is 6.43 Å². The molecule has 32 heavy (non-hydrogen) atoms. The zero-order valence-corrected chi connectivity index (χ0v) is 20.5. The van der Waals surface area contributed by atoms with Crippen molar-refractivity contribution in [2.45, 2.75) is 53.1 Å². The Balaban J connectivity index is 2.13. The number of aryl methyl sites for hydroxylation is 1. The smallest absolute Gasteiger partial charge is 0.264 e. The normalized spacial score (nSPS) is 13.1. The molecule has 2 N–H and O–H groups in total. The van der Waals surface area contributed by atoms with Crippen LogP contribution in [0.3, 0.4) is 0 Å². The first-order valence-electron chi connectivity index (χ1n) is 10.7. The molecular formula is C24H31F2N4OP. The van der Waals surface area contributed by atoms with E-state index < -0.39 is 13.6 Å². The van der Waals surface area contributed by atoms with Crippen LogP contribution in [0.1, 0.15) is 55.8 Å². The summed E-state index contributed by atoms with van der Waals surface area (Å²) >= 11 is 0. The zero-order valence-electron chi connectivity index (χ0n) is 19.6. The molecule has 0 amide bonds. The van der Waals surface area contributed by atoms with Gasteiger partial charge >= 0.3 is 0 Å². The Labute approximate surface area is 188 Å². The maximum atomic E-state index is 13.4. The number of fused-ring (bicyclic) bond motifs is 1. The van der Waals surface area contributed by atoms with Crippen LogP contribution in [0.5, 0.6) is 0 Å². The van der Waals surface area contributed by atoms with Crippen LogP contribution in [-0.2, 0) is 4.57 Å². The average molecular weight is 461 g/mol. The Kier molecular flexibility index (Phi) is 6.89. The summed E-state index contributed by atoms with van der Waals surface area (Å²) in [4.78, 5) is 9.17. The molecule has 0 saturated heterocycles. The van der Waals surface area contributed by atoms with E-state index in [4.69, 9.17) is 0 Å². The van der Waals surface area contributed by atoms with E-state index in [0.717, 1.165) is 27.5 Å². The second kappa shape index (κ2) is 9.14. The summed E-state index contributed by atoms with van der Waals surface area (Å²) in [5, 5.41) is 8.24. The quantitative estimate of drug-likeness (QED) is 0.398. The van der Waals surface area contributed by atoms with E-state index in [9.17, 15) is 13.3 Å². The van der Waals surface area contributed by atoms with Crippen molar-refractivity contribution in [2.75, 3.05) is 24.0 Å². The van der Waals surface area contributed by atoms with Gasteiger partial charge in [-0.25, -0.2) is 18.7 Å². The van der Waals surface area contributed by atoms with Gasteiger partial charge in [-0.2, -0.15) is 0 Å². The fraction of sp³-hybridized carbons (Fsp3) is 0.417. The van der Waals surface area contributed by atoms with Crippen molar-refractivity contribution in [3.8, 4) is 0 Å². The summed E-state index contributed by atoms with van der Waals surface area (Å²) in [5.74, 6) is 1.18. The Morgan fingerprint density at radius 1 is 0.969 bits per heavy atom. The van der Waals surface area contributed by atoms with Crippen LogP contribution in [0.15, 0.2) is 30.3 Å². The molecule has 3 rings (SSSR count). The van der Waals surface area contributed by atoms with Crippen LogP contribution in [-0.4, -0.2) is 29.3 Å². The zero-order chi connectivity index (χ0) is 23.8. The minimum absolute atomic E-state index is 0.0319. The highest BCUT2D eigenvalue weighted by Gasteiger charge is 2.22. The van der Waals surface area contributed by atoms with Gasteiger partial charge in [0, 0.05) is 28.0 Å². The molecule has 1 aromatic heterocycles. The van der Waals surface area contributed by atoms with Crippen LogP contribution in [0.2, 0.25) is 0 Å². The van der Waals surface area contributed by atoms with Crippen molar-refractivity contribution < 1.29 is 13.3 Å². The molecule has 0 fully saturated rings. The number of nitrogens with one attached hydrogen (secondary N) is 2. The lowest BCUT2D eigenvalue weighted by Gasteiger charge is -2.22. The van der Waals surface area contributed by atoms with Gasteiger partial charge in [-0.15, -0.1) is 0 Å². The molecule has 1 heterocycles. The molecule has 0 spiro atoms. The highest BCUT2D eigenvalue weighted by Crippen LogP contribution is 2.40. The SMILES string of the molecule is Cc1nc(N[C@H](C)c2cccc(C(F)F)c2C)c2cc(P(C)(C)=O)c(NC(C)C)cc2n1. The first-order valence-corrected chi connectivity index (χ1v) is 13.3. The lowest BCUT2D eigenvalue weighted by Crippen LogP contribution is -2.19. The van der Waals surface area contributed by atoms with Gasteiger partial charge in [0.2, 0.25) is 0 Å². The van der Waals surface area contributed by atoms with Crippen molar-refractivity contribution in [1.82, 2.24) is 9.97 Å². The van der Waals surface area contributed by atoms with E-state index in [1.165, 1.54) is 6.07 Å². The molecule has 0 saturated carbocycles. The molecule has 0 aliphatic carbocycles. The standard InChI is InChI=1S/C24H31F2N4OP/c1-13(2)27-21-12-20-19(11-22(21)32(6,7)31)24(30-16(5)29-20)28-15(4)17-9-8-10-18(14(17)3)23(25)26/h8-13,15,23,27H,1-7H3,(H,28,29,30)/t15-/m1/s1. The van der Waals surface area contributed by atoms with Gasteiger partial charge in [-0.3, -0.25) is 0 Å². The molecule has 0 aliphatic rings. The number of nitrogens with zero attached hydrogens (tertiary/aromatic N) is 2. The fourth-order valence-electron chi connectivity index (χ4n) is 3.92. The molecule has 1 atom stereocenters. The maximum Gasteiger partial charge on any atom is 0.264 e. The van der Waals surface area contributed by atoms with Crippen LogP contribution < -0.4 is 15.9 Å². The number of rotatable bonds is 7. The molecule has 5 nitrogen and oxygen atoms in total. The summed E-state index contributed by atoms with van der Waals surface area (Å²) < 4.78 is 39.8. The summed E-state index contributed by atoms with van der Waals surface area (Å²) in [6.07, 6.45) is -2.53. The maximum absolute atomic E-state index is 13.4. The summed E-state index contributed by atoms with van der Waals surface area (Å²) in [7, 11) is -2.59. The Morgan fingerprint density at radius 3 is 2.22 bits per heavy atom. The van der Waals surface area contributed by atoms with E-state index in [-0.39, 0.29) is 17.6 Å². The van der Waals surface area contributed by atoms with Gasteiger partial charge in [0.1, 0.15) is 18.8 Å².